The van der Waals surface area contributed by atoms with Crippen LogP contribution >= 0.6 is 35.0 Å². The molecule has 2 aliphatic rings. The molecular weight excluding hydrogens is 503 g/mol. The van der Waals surface area contributed by atoms with Gasteiger partial charge in [-0.2, -0.15) is 0 Å². The van der Waals surface area contributed by atoms with Crippen LogP contribution in [0.1, 0.15) is 5.56 Å². The van der Waals surface area contributed by atoms with Crippen molar-refractivity contribution in [3.8, 4) is 0 Å². The zero-order valence-electron chi connectivity index (χ0n) is 17.6. The lowest BCUT2D eigenvalue weighted by molar-refractivity contribution is -0.384. The Bertz CT molecular complexity index is 1200. The van der Waals surface area contributed by atoms with E-state index in [1.54, 1.807) is 4.90 Å². The Morgan fingerprint density at radius 1 is 1.06 bits per heavy atom. The van der Waals surface area contributed by atoms with Gasteiger partial charge in [0.1, 0.15) is 11.6 Å². The number of thioether (sulfide) groups is 1. The van der Waals surface area contributed by atoms with Crippen LogP contribution in [-0.4, -0.2) is 64.5 Å². The van der Waals surface area contributed by atoms with Crippen LogP contribution < -0.4 is 4.90 Å². The summed E-state index contributed by atoms with van der Waals surface area (Å²) in [4.78, 5) is 53.2. The van der Waals surface area contributed by atoms with Crippen molar-refractivity contribution in [1.82, 2.24) is 9.80 Å². The molecule has 0 N–H and O–H groups in total. The van der Waals surface area contributed by atoms with Gasteiger partial charge in [0.2, 0.25) is 5.91 Å². The van der Waals surface area contributed by atoms with Crippen LogP contribution in [0.5, 0.6) is 0 Å². The minimum atomic E-state index is -0.669. The first-order valence-electron chi connectivity index (χ1n) is 10.2. The minimum absolute atomic E-state index is 0.0187. The number of nitrogens with zero attached hydrogens (tertiary/aromatic N) is 4. The van der Waals surface area contributed by atoms with E-state index in [4.69, 9.17) is 23.2 Å². The Hall–Kier alpha value is -3.08. The molecule has 2 heterocycles. The van der Waals surface area contributed by atoms with Gasteiger partial charge >= 0.3 is 0 Å². The predicted octanol–water partition coefficient (Wildman–Crippen LogP) is 4.29. The SMILES string of the molecule is O=C(CN1C(=O)S/C(=C\c2cc([N+](=O)[O-])c(Cl)cc2Cl)C1=O)N1CCN(c2ccccc2)CC1. The van der Waals surface area contributed by atoms with E-state index in [-0.39, 0.29) is 38.7 Å². The second-order valence-electron chi connectivity index (χ2n) is 7.55. The van der Waals surface area contributed by atoms with E-state index in [2.05, 4.69) is 4.90 Å². The van der Waals surface area contributed by atoms with E-state index in [1.807, 2.05) is 30.3 Å². The quantitative estimate of drug-likeness (QED) is 0.329. The van der Waals surface area contributed by atoms with E-state index < -0.39 is 16.1 Å². The summed E-state index contributed by atoms with van der Waals surface area (Å²) >= 11 is 12.6. The van der Waals surface area contributed by atoms with E-state index in [0.717, 1.165) is 16.7 Å². The van der Waals surface area contributed by atoms with Crippen molar-refractivity contribution in [1.29, 1.82) is 0 Å². The monoisotopic (exact) mass is 520 g/mol. The summed E-state index contributed by atoms with van der Waals surface area (Å²) in [5.41, 5.74) is 0.875. The Morgan fingerprint density at radius 2 is 1.74 bits per heavy atom. The van der Waals surface area contributed by atoms with E-state index in [1.165, 1.54) is 12.1 Å². The van der Waals surface area contributed by atoms with Gasteiger partial charge in [-0.25, -0.2) is 0 Å². The molecule has 0 aromatic heterocycles. The highest BCUT2D eigenvalue weighted by Crippen LogP contribution is 2.36. The number of hydrogen-bond acceptors (Lipinski definition) is 7. The number of piperazine rings is 1. The number of carbonyl (C=O) groups excluding carboxylic acids is 3. The lowest BCUT2D eigenvalue weighted by atomic mass is 10.2. The van der Waals surface area contributed by atoms with Gasteiger partial charge in [0, 0.05) is 48.5 Å². The number of halogens is 2. The average molecular weight is 521 g/mol. The van der Waals surface area contributed by atoms with Gasteiger partial charge in [-0.15, -0.1) is 0 Å². The van der Waals surface area contributed by atoms with E-state index >= 15 is 0 Å². The zero-order valence-corrected chi connectivity index (χ0v) is 20.0. The third kappa shape index (κ3) is 5.03. The molecule has 2 aromatic carbocycles. The van der Waals surface area contributed by atoms with Crippen LogP contribution in [0.2, 0.25) is 10.0 Å². The maximum Gasteiger partial charge on any atom is 0.294 e. The van der Waals surface area contributed by atoms with Crippen molar-refractivity contribution in [2.45, 2.75) is 0 Å². The Morgan fingerprint density at radius 3 is 2.38 bits per heavy atom. The van der Waals surface area contributed by atoms with Gasteiger partial charge in [-0.05, 0) is 36.0 Å². The zero-order chi connectivity index (χ0) is 24.4. The van der Waals surface area contributed by atoms with Crippen LogP contribution in [0.4, 0.5) is 16.2 Å². The molecule has 9 nitrogen and oxygen atoms in total. The van der Waals surface area contributed by atoms with Crippen LogP contribution in [-0.2, 0) is 9.59 Å². The number of carbonyl (C=O) groups is 3. The number of rotatable bonds is 5. The van der Waals surface area contributed by atoms with Gasteiger partial charge in [-0.3, -0.25) is 29.4 Å². The number of benzene rings is 2. The fraction of sp³-hybridized carbons (Fsp3) is 0.227. The van der Waals surface area contributed by atoms with Crippen molar-refractivity contribution in [3.05, 3.63) is 73.1 Å². The molecule has 34 heavy (non-hydrogen) atoms. The number of anilines is 1. The Labute approximate surface area is 209 Å². The van der Waals surface area contributed by atoms with Crippen molar-refractivity contribution in [2.24, 2.45) is 0 Å². The number of imide groups is 1. The van der Waals surface area contributed by atoms with Crippen molar-refractivity contribution in [3.63, 3.8) is 0 Å². The van der Waals surface area contributed by atoms with Gasteiger partial charge in [0.05, 0.1) is 9.83 Å². The predicted molar refractivity (Wildman–Crippen MR) is 131 cm³/mol. The first-order valence-corrected chi connectivity index (χ1v) is 11.8. The first kappa shape index (κ1) is 24.1. The molecule has 0 spiro atoms. The summed E-state index contributed by atoms with van der Waals surface area (Å²) in [6.45, 7) is 1.87. The van der Waals surface area contributed by atoms with Gasteiger partial charge < -0.3 is 9.80 Å². The molecule has 176 valence electrons. The number of nitro groups is 1. The topological polar surface area (TPSA) is 104 Å². The molecule has 0 atom stereocenters. The van der Waals surface area contributed by atoms with Gasteiger partial charge in [0.15, 0.2) is 0 Å². The van der Waals surface area contributed by atoms with Gasteiger partial charge in [0.25, 0.3) is 16.8 Å². The molecule has 2 fully saturated rings. The Balaban J connectivity index is 1.42. The molecule has 2 aliphatic heterocycles. The molecule has 4 rings (SSSR count). The number of amides is 3. The summed E-state index contributed by atoms with van der Waals surface area (Å²) < 4.78 is 0. The fourth-order valence-electron chi connectivity index (χ4n) is 3.67. The molecule has 0 aliphatic carbocycles. The van der Waals surface area contributed by atoms with Crippen LogP contribution in [0.25, 0.3) is 6.08 Å². The largest absolute Gasteiger partial charge is 0.368 e. The molecule has 2 saturated heterocycles. The highest BCUT2D eigenvalue weighted by atomic mass is 35.5. The molecule has 3 amide bonds. The molecular formula is C22H18Cl2N4O5S. The molecule has 0 saturated carbocycles. The number of hydrogen-bond donors (Lipinski definition) is 0. The second-order valence-corrected chi connectivity index (χ2v) is 9.36. The van der Waals surface area contributed by atoms with Crippen molar-refractivity contribution in [2.75, 3.05) is 37.6 Å². The van der Waals surface area contributed by atoms with Crippen molar-refractivity contribution >= 4 is 69.5 Å². The standard InChI is InChI=1S/C22H18Cl2N4O5S/c23-16-12-17(24)18(28(32)33)10-14(16)11-19-21(30)27(22(31)34-19)13-20(29)26-8-6-25(7-9-26)15-4-2-1-3-5-15/h1-5,10-12H,6-9,13H2/b19-11-. The lowest BCUT2D eigenvalue weighted by Crippen LogP contribution is -2.51. The molecule has 12 heteroatoms. The maximum atomic E-state index is 12.8. The maximum absolute atomic E-state index is 12.8. The lowest BCUT2D eigenvalue weighted by Gasteiger charge is -2.36. The molecule has 0 bridgehead atoms. The summed E-state index contributed by atoms with van der Waals surface area (Å²) in [5, 5.41) is 10.5. The van der Waals surface area contributed by atoms with Crippen molar-refractivity contribution < 1.29 is 19.3 Å². The summed E-state index contributed by atoms with van der Waals surface area (Å²) in [7, 11) is 0. The minimum Gasteiger partial charge on any atom is -0.368 e. The molecule has 2 aromatic rings. The average Bonchev–Trinajstić information content (AvgIpc) is 3.08. The van der Waals surface area contributed by atoms with E-state index in [0.29, 0.717) is 37.9 Å². The van der Waals surface area contributed by atoms with Gasteiger partial charge in [-0.1, -0.05) is 41.4 Å². The third-order valence-electron chi connectivity index (χ3n) is 5.47. The Kier molecular flexibility index (Phi) is 7.11. The summed E-state index contributed by atoms with van der Waals surface area (Å²) in [6, 6.07) is 12.2. The van der Waals surface area contributed by atoms with E-state index in [9.17, 15) is 24.5 Å². The molecule has 0 unspecified atom stereocenters. The van der Waals surface area contributed by atoms with Crippen LogP contribution in [0, 0.1) is 10.1 Å². The fourth-order valence-corrected chi connectivity index (χ4v) is 5.01. The summed E-state index contributed by atoms with van der Waals surface area (Å²) in [6.07, 6.45) is 1.29. The number of nitro benzene ring substituents is 1. The smallest absolute Gasteiger partial charge is 0.294 e. The molecule has 0 radical (unpaired) electrons. The summed E-state index contributed by atoms with van der Waals surface area (Å²) in [5.74, 6) is -0.976. The van der Waals surface area contributed by atoms with Crippen LogP contribution in [0.3, 0.4) is 0 Å². The van der Waals surface area contributed by atoms with Crippen LogP contribution in [0.15, 0.2) is 47.4 Å². The normalized spacial score (nSPS) is 17.6. The number of para-hydroxylation sites is 1. The first-order chi connectivity index (χ1) is 16.2. The second kappa shape index (κ2) is 10.0. The highest BCUT2D eigenvalue weighted by Gasteiger charge is 2.37. The highest BCUT2D eigenvalue weighted by molar-refractivity contribution is 8.18. The third-order valence-corrected chi connectivity index (χ3v) is 7.01.